The van der Waals surface area contributed by atoms with E-state index in [1.165, 1.54) is 42.5 Å². The smallest absolute Gasteiger partial charge is 0.338 e. The summed E-state index contributed by atoms with van der Waals surface area (Å²) in [6.45, 7) is -0.592. The van der Waals surface area contributed by atoms with Crippen molar-refractivity contribution in [2.45, 2.75) is 6.42 Å². The van der Waals surface area contributed by atoms with Gasteiger partial charge in [-0.15, -0.1) is 0 Å². The summed E-state index contributed by atoms with van der Waals surface area (Å²) < 4.78 is 4.93. The van der Waals surface area contributed by atoms with E-state index in [4.69, 9.17) is 10.00 Å². The second-order valence-corrected chi connectivity index (χ2v) is 5.27. The largest absolute Gasteiger partial charge is 0.454 e. The summed E-state index contributed by atoms with van der Waals surface area (Å²) in [5, 5.41) is 21.6. The van der Waals surface area contributed by atoms with E-state index >= 15 is 0 Å². The molecule has 27 heavy (non-hydrogen) atoms. The SMILES string of the molecule is N#CCC(=O)Nc1cccc(C(=O)OCC(=O)c2cccc([N+](=O)[O-])c2)c1. The molecule has 1 N–H and O–H groups in total. The second kappa shape index (κ2) is 8.87. The summed E-state index contributed by atoms with van der Waals surface area (Å²) in [6, 6.07) is 12.6. The van der Waals surface area contributed by atoms with E-state index in [2.05, 4.69) is 5.32 Å². The van der Waals surface area contributed by atoms with Gasteiger partial charge in [-0.2, -0.15) is 5.26 Å². The van der Waals surface area contributed by atoms with E-state index in [0.29, 0.717) is 5.69 Å². The van der Waals surface area contributed by atoms with Gasteiger partial charge in [0.25, 0.3) is 5.69 Å². The zero-order valence-electron chi connectivity index (χ0n) is 13.9. The van der Waals surface area contributed by atoms with E-state index in [1.54, 1.807) is 6.07 Å². The molecule has 136 valence electrons. The number of benzene rings is 2. The zero-order valence-corrected chi connectivity index (χ0v) is 13.9. The molecule has 0 fully saturated rings. The first kappa shape index (κ1) is 19.3. The maximum absolute atomic E-state index is 12.1. The number of nitro groups is 1. The normalized spacial score (nSPS) is 9.74. The molecule has 1 amide bonds. The van der Waals surface area contributed by atoms with Gasteiger partial charge in [0, 0.05) is 23.4 Å². The van der Waals surface area contributed by atoms with Crippen LogP contribution in [0.5, 0.6) is 0 Å². The van der Waals surface area contributed by atoms with Crippen molar-refractivity contribution in [3.8, 4) is 6.07 Å². The highest BCUT2D eigenvalue weighted by Crippen LogP contribution is 2.15. The number of rotatable bonds is 7. The lowest BCUT2D eigenvalue weighted by Gasteiger charge is -2.07. The summed E-state index contributed by atoms with van der Waals surface area (Å²) >= 11 is 0. The molecule has 2 rings (SSSR count). The van der Waals surface area contributed by atoms with Crippen molar-refractivity contribution in [3.05, 3.63) is 69.8 Å². The van der Waals surface area contributed by atoms with Crippen LogP contribution in [-0.4, -0.2) is 29.2 Å². The number of non-ortho nitro benzene ring substituents is 1. The van der Waals surface area contributed by atoms with Gasteiger partial charge in [-0.1, -0.05) is 18.2 Å². The third-order valence-electron chi connectivity index (χ3n) is 3.33. The molecule has 0 saturated carbocycles. The van der Waals surface area contributed by atoms with Crippen molar-refractivity contribution in [3.63, 3.8) is 0 Å². The van der Waals surface area contributed by atoms with E-state index in [0.717, 1.165) is 6.07 Å². The number of hydrogen-bond donors (Lipinski definition) is 1. The number of Topliss-reactive ketones (excluding diaryl/α,β-unsaturated/α-hetero) is 1. The summed E-state index contributed by atoms with van der Waals surface area (Å²) in [4.78, 5) is 45.6. The minimum atomic E-state index is -0.801. The number of esters is 1. The Balaban J connectivity index is 2.00. The summed E-state index contributed by atoms with van der Waals surface area (Å²) in [6.07, 6.45) is -0.327. The van der Waals surface area contributed by atoms with Gasteiger partial charge in [-0.3, -0.25) is 19.7 Å². The maximum atomic E-state index is 12.1. The lowest BCUT2D eigenvalue weighted by molar-refractivity contribution is -0.384. The molecule has 0 unspecified atom stereocenters. The topological polar surface area (TPSA) is 139 Å². The molecule has 0 aromatic heterocycles. The number of hydrogen-bond acceptors (Lipinski definition) is 7. The fraction of sp³-hybridized carbons (Fsp3) is 0.111. The van der Waals surface area contributed by atoms with Crippen molar-refractivity contribution >= 4 is 29.0 Å². The van der Waals surface area contributed by atoms with Crippen LogP contribution in [0.2, 0.25) is 0 Å². The number of ether oxygens (including phenoxy) is 1. The monoisotopic (exact) mass is 367 g/mol. The zero-order chi connectivity index (χ0) is 19.8. The Labute approximate surface area is 153 Å². The molecule has 2 aromatic rings. The summed E-state index contributed by atoms with van der Waals surface area (Å²) in [7, 11) is 0. The van der Waals surface area contributed by atoms with Crippen LogP contribution in [0.3, 0.4) is 0 Å². The van der Waals surface area contributed by atoms with Crippen molar-refractivity contribution in [1.82, 2.24) is 0 Å². The first-order valence-electron chi connectivity index (χ1n) is 7.62. The molecule has 0 spiro atoms. The number of ketones is 1. The molecule has 0 radical (unpaired) electrons. The van der Waals surface area contributed by atoms with E-state index in [-0.39, 0.29) is 23.2 Å². The molecule has 0 aliphatic rings. The standard InChI is InChI=1S/C18H13N3O6/c19-8-7-17(23)20-14-5-1-4-13(9-14)18(24)27-11-16(22)12-3-2-6-15(10-12)21(25)26/h1-6,9-10H,7,11H2,(H,20,23). The van der Waals surface area contributed by atoms with Gasteiger partial charge in [0.2, 0.25) is 11.7 Å². The molecule has 0 bridgehead atoms. The van der Waals surface area contributed by atoms with Gasteiger partial charge in [-0.25, -0.2) is 4.79 Å². The van der Waals surface area contributed by atoms with Crippen LogP contribution in [-0.2, 0) is 9.53 Å². The van der Waals surface area contributed by atoms with Crippen LogP contribution in [0, 0.1) is 21.4 Å². The minimum absolute atomic E-state index is 0.0505. The predicted molar refractivity (Wildman–Crippen MR) is 93.0 cm³/mol. The molecule has 9 nitrogen and oxygen atoms in total. The third-order valence-corrected chi connectivity index (χ3v) is 3.33. The molecular weight excluding hydrogens is 354 g/mol. The summed E-state index contributed by atoms with van der Waals surface area (Å²) in [5.41, 5.74) is 0.203. The molecule has 0 atom stereocenters. The summed E-state index contributed by atoms with van der Waals surface area (Å²) in [5.74, 6) is -1.92. The molecule has 9 heteroatoms. The molecule has 0 aliphatic carbocycles. The number of amides is 1. The average molecular weight is 367 g/mol. The lowest BCUT2D eigenvalue weighted by atomic mass is 10.1. The van der Waals surface area contributed by atoms with Crippen LogP contribution in [0.4, 0.5) is 11.4 Å². The minimum Gasteiger partial charge on any atom is -0.454 e. The van der Waals surface area contributed by atoms with Gasteiger partial charge in [-0.05, 0) is 18.2 Å². The Hall–Kier alpha value is -4.06. The Morgan fingerprint density at radius 2 is 1.81 bits per heavy atom. The Morgan fingerprint density at radius 3 is 2.52 bits per heavy atom. The van der Waals surface area contributed by atoms with E-state index < -0.39 is 29.2 Å². The second-order valence-electron chi connectivity index (χ2n) is 5.27. The average Bonchev–Trinajstić information content (AvgIpc) is 2.66. The Kier molecular flexibility index (Phi) is 6.33. The number of nitro benzene ring substituents is 1. The predicted octanol–water partition coefficient (Wildman–Crippen LogP) is 2.49. The van der Waals surface area contributed by atoms with Crippen LogP contribution in [0.1, 0.15) is 27.1 Å². The molecule has 0 saturated heterocycles. The number of nitrogens with zero attached hydrogens (tertiary/aromatic N) is 2. The molecule has 0 aliphatic heterocycles. The fourth-order valence-electron chi connectivity index (χ4n) is 2.09. The molecule has 2 aromatic carbocycles. The highest BCUT2D eigenvalue weighted by molar-refractivity contribution is 6.00. The van der Waals surface area contributed by atoms with Crippen LogP contribution < -0.4 is 5.32 Å². The van der Waals surface area contributed by atoms with Gasteiger partial charge < -0.3 is 10.1 Å². The van der Waals surface area contributed by atoms with Crippen molar-refractivity contribution in [2.75, 3.05) is 11.9 Å². The van der Waals surface area contributed by atoms with Gasteiger partial charge in [0.05, 0.1) is 16.6 Å². The van der Waals surface area contributed by atoms with Crippen molar-refractivity contribution < 1.29 is 24.0 Å². The number of nitriles is 1. The first-order chi connectivity index (χ1) is 12.9. The van der Waals surface area contributed by atoms with Gasteiger partial charge in [0.15, 0.2) is 6.61 Å². The molecular formula is C18H13N3O6. The quantitative estimate of drug-likeness (QED) is 0.343. The van der Waals surface area contributed by atoms with Gasteiger partial charge >= 0.3 is 5.97 Å². The van der Waals surface area contributed by atoms with Crippen LogP contribution in [0.25, 0.3) is 0 Å². The number of nitrogens with one attached hydrogen (secondary N) is 1. The number of anilines is 1. The third kappa shape index (κ3) is 5.47. The Bertz CT molecular complexity index is 948. The highest BCUT2D eigenvalue weighted by atomic mass is 16.6. The van der Waals surface area contributed by atoms with Crippen LogP contribution in [0.15, 0.2) is 48.5 Å². The highest BCUT2D eigenvalue weighted by Gasteiger charge is 2.15. The maximum Gasteiger partial charge on any atom is 0.338 e. The lowest BCUT2D eigenvalue weighted by Crippen LogP contribution is -2.15. The number of carbonyl (C=O) groups is 3. The number of carbonyl (C=O) groups excluding carboxylic acids is 3. The van der Waals surface area contributed by atoms with E-state index in [1.807, 2.05) is 0 Å². The Morgan fingerprint density at radius 1 is 1.11 bits per heavy atom. The molecule has 0 heterocycles. The van der Waals surface area contributed by atoms with E-state index in [9.17, 15) is 24.5 Å². The fourth-order valence-corrected chi connectivity index (χ4v) is 2.09. The van der Waals surface area contributed by atoms with Gasteiger partial charge in [0.1, 0.15) is 6.42 Å². The van der Waals surface area contributed by atoms with Crippen molar-refractivity contribution in [1.29, 1.82) is 5.26 Å². The first-order valence-corrected chi connectivity index (χ1v) is 7.62. The van der Waals surface area contributed by atoms with Crippen molar-refractivity contribution in [2.24, 2.45) is 0 Å². The van der Waals surface area contributed by atoms with Crippen LogP contribution >= 0.6 is 0 Å².